The van der Waals surface area contributed by atoms with Crippen molar-refractivity contribution in [1.82, 2.24) is 9.62 Å². The number of likely N-dealkylation sites (N-methyl/N-ethyl adjacent to an activating group) is 1. The number of sulfonamides is 1. The summed E-state index contributed by atoms with van der Waals surface area (Å²) in [6.45, 7) is 3.08. The largest absolute Gasteiger partial charge is 0.465 e. The molecular weight excluding hydrogens is 399 g/mol. The normalized spacial score (nSPS) is 11.3. The number of halogens is 1. The Morgan fingerprint density at radius 3 is 2.34 bits per heavy atom. The molecule has 0 aliphatic rings. The van der Waals surface area contributed by atoms with E-state index in [1.165, 1.54) is 49.6 Å². The topological polar surface area (TPSA) is 92.8 Å². The van der Waals surface area contributed by atoms with Crippen LogP contribution in [0.4, 0.5) is 4.39 Å². The van der Waals surface area contributed by atoms with Gasteiger partial charge in [0.25, 0.3) is 0 Å². The first-order valence-electron chi connectivity index (χ1n) is 8.89. The van der Waals surface area contributed by atoms with Crippen molar-refractivity contribution in [2.45, 2.75) is 25.3 Å². The van der Waals surface area contributed by atoms with Gasteiger partial charge in [0.05, 0.1) is 24.1 Å². The molecule has 0 spiro atoms. The van der Waals surface area contributed by atoms with Crippen molar-refractivity contribution in [3.8, 4) is 0 Å². The van der Waals surface area contributed by atoms with Crippen LogP contribution in [0.2, 0.25) is 0 Å². The van der Waals surface area contributed by atoms with Gasteiger partial charge in [0.1, 0.15) is 5.82 Å². The van der Waals surface area contributed by atoms with Crippen LogP contribution in [0.5, 0.6) is 0 Å². The number of methoxy groups -OCH3 is 1. The lowest BCUT2D eigenvalue weighted by atomic mass is 10.1. The summed E-state index contributed by atoms with van der Waals surface area (Å²) in [6, 6.07) is 9.77. The van der Waals surface area contributed by atoms with Crippen LogP contribution in [0.25, 0.3) is 0 Å². The minimum atomic E-state index is -3.94. The van der Waals surface area contributed by atoms with Crippen molar-refractivity contribution in [3.05, 3.63) is 65.0 Å². The van der Waals surface area contributed by atoms with Gasteiger partial charge < -0.3 is 10.1 Å². The Labute approximate surface area is 169 Å². The van der Waals surface area contributed by atoms with E-state index < -0.39 is 21.9 Å². The Morgan fingerprint density at radius 1 is 1.14 bits per heavy atom. The van der Waals surface area contributed by atoms with Gasteiger partial charge >= 0.3 is 5.97 Å². The number of esters is 1. The second kappa shape index (κ2) is 9.62. The Morgan fingerprint density at radius 2 is 1.79 bits per heavy atom. The Balaban J connectivity index is 2.11. The number of ether oxygens (including phenoxy) is 1. The molecule has 0 unspecified atom stereocenters. The predicted octanol–water partition coefficient (Wildman–Crippen LogP) is 2.25. The smallest absolute Gasteiger partial charge is 0.337 e. The van der Waals surface area contributed by atoms with Gasteiger partial charge in [-0.25, -0.2) is 17.6 Å². The Bertz CT molecular complexity index is 990. The van der Waals surface area contributed by atoms with Crippen LogP contribution in [-0.4, -0.2) is 44.8 Å². The molecule has 0 aliphatic heterocycles. The Hall–Kier alpha value is -2.78. The zero-order valence-corrected chi connectivity index (χ0v) is 17.3. The van der Waals surface area contributed by atoms with Crippen molar-refractivity contribution in [2.75, 3.05) is 20.2 Å². The monoisotopic (exact) mass is 422 g/mol. The average molecular weight is 422 g/mol. The van der Waals surface area contributed by atoms with Crippen LogP contribution in [-0.2, 0) is 26.1 Å². The number of hydrogen-bond donors (Lipinski definition) is 1. The SMILES string of the molecule is CCN(CC(=O)NCc1ccc(F)cc1)S(=O)(=O)c1ccc(C(=O)OC)cc1C. The molecule has 0 atom stereocenters. The number of amides is 1. The van der Waals surface area contributed by atoms with Gasteiger partial charge in [-0.3, -0.25) is 4.79 Å². The average Bonchev–Trinajstić information content (AvgIpc) is 2.70. The summed E-state index contributed by atoms with van der Waals surface area (Å²) >= 11 is 0. The summed E-state index contributed by atoms with van der Waals surface area (Å²) in [5, 5.41) is 2.62. The highest BCUT2D eigenvalue weighted by Crippen LogP contribution is 2.21. The zero-order valence-electron chi connectivity index (χ0n) is 16.4. The second-order valence-corrected chi connectivity index (χ2v) is 8.21. The van der Waals surface area contributed by atoms with Crippen LogP contribution in [0.1, 0.15) is 28.4 Å². The number of carbonyl (C=O) groups is 2. The van der Waals surface area contributed by atoms with Crippen LogP contribution >= 0.6 is 0 Å². The summed E-state index contributed by atoms with van der Waals surface area (Å²) in [6.07, 6.45) is 0. The van der Waals surface area contributed by atoms with Gasteiger partial charge in [0.2, 0.25) is 15.9 Å². The van der Waals surface area contributed by atoms with E-state index in [0.29, 0.717) is 11.1 Å². The fourth-order valence-corrected chi connectivity index (χ4v) is 4.32. The highest BCUT2D eigenvalue weighted by Gasteiger charge is 2.27. The van der Waals surface area contributed by atoms with Crippen LogP contribution in [0.3, 0.4) is 0 Å². The molecule has 1 N–H and O–H groups in total. The van der Waals surface area contributed by atoms with Crippen molar-refractivity contribution in [1.29, 1.82) is 0 Å². The molecule has 29 heavy (non-hydrogen) atoms. The number of nitrogens with zero attached hydrogens (tertiary/aromatic N) is 1. The first-order valence-corrected chi connectivity index (χ1v) is 10.3. The standard InChI is InChI=1S/C20H23FN2O5S/c1-4-23(13-19(24)22-12-15-5-8-17(21)9-6-15)29(26,27)18-10-7-16(11-14(18)2)20(25)28-3/h5-11H,4,12-13H2,1-3H3,(H,22,24). The van der Waals surface area contributed by atoms with E-state index in [9.17, 15) is 22.4 Å². The molecule has 2 aromatic carbocycles. The van der Waals surface area contributed by atoms with Gasteiger partial charge in [-0.05, 0) is 48.4 Å². The maximum Gasteiger partial charge on any atom is 0.337 e. The second-order valence-electron chi connectivity index (χ2n) is 6.31. The predicted molar refractivity (Wildman–Crippen MR) is 105 cm³/mol. The number of hydrogen-bond acceptors (Lipinski definition) is 5. The molecule has 0 radical (unpaired) electrons. The van der Waals surface area contributed by atoms with E-state index in [-0.39, 0.29) is 35.9 Å². The third kappa shape index (κ3) is 5.61. The van der Waals surface area contributed by atoms with Crippen molar-refractivity contribution in [2.24, 2.45) is 0 Å². The summed E-state index contributed by atoms with van der Waals surface area (Å²) in [4.78, 5) is 23.9. The molecule has 0 aromatic heterocycles. The van der Waals surface area contributed by atoms with E-state index in [2.05, 4.69) is 10.1 Å². The minimum Gasteiger partial charge on any atom is -0.465 e. The molecule has 156 valence electrons. The van der Waals surface area contributed by atoms with Crippen LogP contribution in [0, 0.1) is 12.7 Å². The van der Waals surface area contributed by atoms with Crippen molar-refractivity contribution >= 4 is 21.9 Å². The van der Waals surface area contributed by atoms with E-state index in [0.717, 1.165) is 4.31 Å². The maximum absolute atomic E-state index is 13.0. The number of carbonyl (C=O) groups excluding carboxylic acids is 2. The third-order valence-corrected chi connectivity index (χ3v) is 6.37. The highest BCUT2D eigenvalue weighted by molar-refractivity contribution is 7.89. The van der Waals surface area contributed by atoms with Gasteiger partial charge in [-0.1, -0.05) is 19.1 Å². The molecule has 0 saturated heterocycles. The fraction of sp³-hybridized carbons (Fsp3) is 0.300. The molecule has 1 amide bonds. The van der Waals surface area contributed by atoms with Gasteiger partial charge in [-0.2, -0.15) is 4.31 Å². The summed E-state index contributed by atoms with van der Waals surface area (Å²) in [5.41, 5.74) is 1.31. The Kier molecular flexibility index (Phi) is 7.46. The molecular formula is C20H23FN2O5S. The molecule has 2 rings (SSSR count). The van der Waals surface area contributed by atoms with Crippen LogP contribution in [0.15, 0.2) is 47.4 Å². The quantitative estimate of drug-likeness (QED) is 0.659. The number of rotatable bonds is 8. The fourth-order valence-electron chi connectivity index (χ4n) is 2.71. The lowest BCUT2D eigenvalue weighted by molar-refractivity contribution is -0.121. The number of aryl methyl sites for hydroxylation is 1. The first kappa shape index (κ1) is 22.5. The van der Waals surface area contributed by atoms with E-state index >= 15 is 0 Å². The molecule has 0 saturated carbocycles. The number of benzene rings is 2. The lowest BCUT2D eigenvalue weighted by Crippen LogP contribution is -2.40. The van der Waals surface area contributed by atoms with Gasteiger partial charge in [0, 0.05) is 13.1 Å². The highest BCUT2D eigenvalue weighted by atomic mass is 32.2. The molecule has 7 nitrogen and oxygen atoms in total. The van der Waals surface area contributed by atoms with Gasteiger partial charge in [0.15, 0.2) is 0 Å². The molecule has 0 bridgehead atoms. The summed E-state index contributed by atoms with van der Waals surface area (Å²) < 4.78 is 44.6. The van der Waals surface area contributed by atoms with Crippen LogP contribution < -0.4 is 5.32 Å². The molecule has 2 aromatic rings. The van der Waals surface area contributed by atoms with Gasteiger partial charge in [-0.15, -0.1) is 0 Å². The molecule has 9 heteroatoms. The number of nitrogens with one attached hydrogen (secondary N) is 1. The van der Waals surface area contributed by atoms with Crippen molar-refractivity contribution in [3.63, 3.8) is 0 Å². The van der Waals surface area contributed by atoms with E-state index in [4.69, 9.17) is 0 Å². The third-order valence-electron chi connectivity index (χ3n) is 4.29. The first-order chi connectivity index (χ1) is 13.7. The zero-order chi connectivity index (χ0) is 21.6. The van der Waals surface area contributed by atoms with E-state index in [1.807, 2.05) is 0 Å². The molecule has 0 aliphatic carbocycles. The molecule has 0 fully saturated rings. The summed E-state index contributed by atoms with van der Waals surface area (Å²) in [5.74, 6) is -1.43. The van der Waals surface area contributed by atoms with Crippen molar-refractivity contribution < 1.29 is 27.1 Å². The lowest BCUT2D eigenvalue weighted by Gasteiger charge is -2.21. The van der Waals surface area contributed by atoms with E-state index in [1.54, 1.807) is 13.8 Å². The summed E-state index contributed by atoms with van der Waals surface area (Å²) in [7, 11) is -2.70. The maximum atomic E-state index is 13.0. The minimum absolute atomic E-state index is 0.0123. The molecule has 0 heterocycles.